The zero-order valence-corrected chi connectivity index (χ0v) is 26.2. The van der Waals surface area contributed by atoms with Crippen LogP contribution in [0.15, 0.2) is 84.3 Å². The van der Waals surface area contributed by atoms with Gasteiger partial charge < -0.3 is 29.6 Å². The second-order valence-electron chi connectivity index (χ2n) is 11.2. The monoisotopic (exact) mass is 630 g/mol. The van der Waals surface area contributed by atoms with Crippen molar-refractivity contribution in [2.24, 2.45) is 13.0 Å². The number of ether oxygens (including phenoxy) is 2. The number of nitrogens with one attached hydrogen (secondary N) is 1. The number of aryl methyl sites for hydroxylation is 1. The van der Waals surface area contributed by atoms with Gasteiger partial charge in [-0.05, 0) is 34.2 Å². The Bertz CT molecular complexity index is 1580. The van der Waals surface area contributed by atoms with Crippen molar-refractivity contribution in [3.63, 3.8) is 0 Å². The number of amides is 1. The van der Waals surface area contributed by atoms with Gasteiger partial charge in [0.2, 0.25) is 5.91 Å². The molecule has 4 atom stereocenters. The van der Waals surface area contributed by atoms with E-state index < -0.39 is 12.3 Å². The second-order valence-corrected chi connectivity index (χ2v) is 12.1. The molecule has 45 heavy (non-hydrogen) atoms. The number of carboxylic acids is 1. The number of carbonyl (C=O) groups is 2. The lowest BCUT2D eigenvalue weighted by Gasteiger charge is -2.41. The van der Waals surface area contributed by atoms with Crippen LogP contribution < -0.4 is 5.32 Å². The van der Waals surface area contributed by atoms with E-state index in [0.717, 1.165) is 38.5 Å². The summed E-state index contributed by atoms with van der Waals surface area (Å²) in [4.78, 5) is 23.0. The Morgan fingerprint density at radius 1 is 0.978 bits per heavy atom. The first-order valence-electron chi connectivity index (χ1n) is 15.0. The van der Waals surface area contributed by atoms with Gasteiger partial charge in [0.15, 0.2) is 11.4 Å². The highest BCUT2D eigenvalue weighted by Gasteiger charge is 2.38. The van der Waals surface area contributed by atoms with Crippen LogP contribution in [0, 0.1) is 5.92 Å². The van der Waals surface area contributed by atoms with E-state index in [4.69, 9.17) is 14.6 Å². The molecule has 4 aromatic rings. The SMILES string of the molecule is C[C@H]1[C@@H](CSc2nncn2C)O[C@@H](c2ccc(-c3ccccc3CNC(=O)CCCC(=O)O)cc2)O[C@H]1c1ccc(CO)cc1. The molecule has 3 N–H and O–H groups in total. The number of rotatable bonds is 13. The van der Waals surface area contributed by atoms with Crippen molar-refractivity contribution in [2.45, 2.75) is 63.0 Å². The molecule has 2 heterocycles. The fraction of sp³-hybridized carbons (Fsp3) is 0.353. The molecule has 5 rings (SSSR count). The molecule has 0 radical (unpaired) electrons. The van der Waals surface area contributed by atoms with Gasteiger partial charge in [-0.2, -0.15) is 0 Å². The second kappa shape index (κ2) is 15.3. The molecule has 1 saturated heterocycles. The number of hydrogen-bond acceptors (Lipinski definition) is 8. The van der Waals surface area contributed by atoms with Gasteiger partial charge in [0.1, 0.15) is 6.33 Å². The number of carboxylic acid groups (broad SMARTS) is 1. The first-order chi connectivity index (χ1) is 21.8. The van der Waals surface area contributed by atoms with Gasteiger partial charge in [0.25, 0.3) is 0 Å². The van der Waals surface area contributed by atoms with Crippen LogP contribution in [0.1, 0.15) is 60.8 Å². The number of aromatic nitrogens is 3. The Labute approximate surface area is 266 Å². The zero-order valence-electron chi connectivity index (χ0n) is 25.3. The van der Waals surface area contributed by atoms with Gasteiger partial charge in [-0.3, -0.25) is 9.59 Å². The van der Waals surface area contributed by atoms with Crippen LogP contribution in [0.2, 0.25) is 0 Å². The molecule has 0 spiro atoms. The number of benzene rings is 3. The molecule has 0 saturated carbocycles. The van der Waals surface area contributed by atoms with Crippen molar-refractivity contribution < 1.29 is 29.3 Å². The fourth-order valence-electron chi connectivity index (χ4n) is 5.33. The van der Waals surface area contributed by atoms with Crippen LogP contribution in [0.5, 0.6) is 0 Å². The molecule has 1 aliphatic rings. The lowest BCUT2D eigenvalue weighted by Crippen LogP contribution is -2.38. The number of aliphatic hydroxyl groups is 1. The summed E-state index contributed by atoms with van der Waals surface area (Å²) in [6, 6.07) is 23.8. The quantitative estimate of drug-likeness (QED) is 0.165. The number of nitrogens with zero attached hydrogens (tertiary/aromatic N) is 3. The molecule has 11 heteroatoms. The van der Waals surface area contributed by atoms with E-state index >= 15 is 0 Å². The number of thioether (sulfide) groups is 1. The maximum atomic E-state index is 12.3. The Kier molecular flexibility index (Phi) is 11.0. The first-order valence-corrected chi connectivity index (χ1v) is 15.9. The first kappa shape index (κ1) is 32.4. The van der Waals surface area contributed by atoms with Crippen molar-refractivity contribution >= 4 is 23.6 Å². The van der Waals surface area contributed by atoms with Crippen molar-refractivity contribution in [1.29, 1.82) is 0 Å². The van der Waals surface area contributed by atoms with Crippen molar-refractivity contribution in [2.75, 3.05) is 5.75 Å². The van der Waals surface area contributed by atoms with Gasteiger partial charge >= 0.3 is 5.97 Å². The molecule has 1 aromatic heterocycles. The van der Waals surface area contributed by atoms with E-state index in [1.807, 2.05) is 84.4 Å². The molecule has 1 amide bonds. The van der Waals surface area contributed by atoms with E-state index in [-0.39, 0.29) is 43.5 Å². The summed E-state index contributed by atoms with van der Waals surface area (Å²) in [5.74, 6) is -0.354. The smallest absolute Gasteiger partial charge is 0.303 e. The minimum atomic E-state index is -0.904. The molecule has 236 valence electrons. The summed E-state index contributed by atoms with van der Waals surface area (Å²) in [6.07, 6.45) is 1.19. The largest absolute Gasteiger partial charge is 0.481 e. The van der Waals surface area contributed by atoms with Gasteiger partial charge in [0.05, 0.1) is 18.8 Å². The summed E-state index contributed by atoms with van der Waals surface area (Å²) >= 11 is 1.60. The number of aliphatic carboxylic acids is 1. The van der Waals surface area contributed by atoms with Crippen molar-refractivity contribution in [1.82, 2.24) is 20.1 Å². The molecular weight excluding hydrogens is 592 g/mol. The molecule has 0 aliphatic carbocycles. The molecule has 0 bridgehead atoms. The molecule has 1 aliphatic heterocycles. The summed E-state index contributed by atoms with van der Waals surface area (Å²) in [5.41, 5.74) is 5.71. The maximum Gasteiger partial charge on any atom is 0.303 e. The van der Waals surface area contributed by atoms with Crippen LogP contribution >= 0.6 is 11.8 Å². The highest BCUT2D eigenvalue weighted by atomic mass is 32.2. The summed E-state index contributed by atoms with van der Waals surface area (Å²) < 4.78 is 15.1. The van der Waals surface area contributed by atoms with Gasteiger partial charge in [-0.15, -0.1) is 10.2 Å². The number of hydrogen-bond donors (Lipinski definition) is 3. The number of carbonyl (C=O) groups excluding carboxylic acids is 1. The van der Waals surface area contributed by atoms with E-state index in [2.05, 4.69) is 22.4 Å². The fourth-order valence-corrected chi connectivity index (χ4v) is 6.38. The standard InChI is InChI=1S/C34H38N4O6S/c1-22-29(20-45-34-37-36-21-38(34)2)43-33(44-32(22)25-12-10-23(19-39)11-13-25)26-16-14-24(15-17-26)28-7-4-3-6-27(28)18-35-30(40)8-5-9-31(41)42/h3-4,6-7,10-17,21-22,29,32-33,39H,5,8-9,18-20H2,1-2H3,(H,35,40)(H,41,42)/t22-,29+,32+,33+/m0/s1. The predicted molar refractivity (Wildman–Crippen MR) is 170 cm³/mol. The van der Waals surface area contributed by atoms with Crippen LogP contribution in [-0.2, 0) is 39.3 Å². The molecule has 0 unspecified atom stereocenters. The predicted octanol–water partition coefficient (Wildman–Crippen LogP) is 5.43. The van der Waals surface area contributed by atoms with Gasteiger partial charge in [-0.1, -0.05) is 91.5 Å². The van der Waals surface area contributed by atoms with Crippen LogP contribution in [0.25, 0.3) is 11.1 Å². The Hall–Kier alpha value is -4.03. The Balaban J connectivity index is 1.32. The summed E-state index contributed by atoms with van der Waals surface area (Å²) in [7, 11) is 1.92. The number of aliphatic hydroxyl groups excluding tert-OH is 1. The molecule has 1 fully saturated rings. The van der Waals surface area contributed by atoms with E-state index in [1.165, 1.54) is 0 Å². The normalized spacial score (nSPS) is 19.7. The maximum absolute atomic E-state index is 12.3. The van der Waals surface area contributed by atoms with E-state index in [9.17, 15) is 14.7 Å². The van der Waals surface area contributed by atoms with Gasteiger partial charge in [-0.25, -0.2) is 0 Å². The molecule has 10 nitrogen and oxygen atoms in total. The third-order valence-electron chi connectivity index (χ3n) is 7.95. The lowest BCUT2D eigenvalue weighted by atomic mass is 9.91. The minimum absolute atomic E-state index is 0.0152. The highest BCUT2D eigenvalue weighted by Crippen LogP contribution is 2.43. The van der Waals surface area contributed by atoms with Crippen LogP contribution in [0.4, 0.5) is 0 Å². The van der Waals surface area contributed by atoms with E-state index in [0.29, 0.717) is 18.7 Å². The van der Waals surface area contributed by atoms with Crippen molar-refractivity contribution in [3.8, 4) is 11.1 Å². The topological polar surface area (TPSA) is 136 Å². The Morgan fingerprint density at radius 2 is 1.71 bits per heavy atom. The zero-order chi connectivity index (χ0) is 31.8. The average Bonchev–Trinajstić information content (AvgIpc) is 3.47. The molecule has 3 aromatic carbocycles. The minimum Gasteiger partial charge on any atom is -0.481 e. The third-order valence-corrected chi connectivity index (χ3v) is 9.07. The van der Waals surface area contributed by atoms with E-state index in [1.54, 1.807) is 18.1 Å². The summed E-state index contributed by atoms with van der Waals surface area (Å²) in [5, 5.41) is 30.3. The van der Waals surface area contributed by atoms with Crippen molar-refractivity contribution in [3.05, 3.63) is 101 Å². The summed E-state index contributed by atoms with van der Waals surface area (Å²) in [6.45, 7) is 2.46. The van der Waals surface area contributed by atoms with Gasteiger partial charge in [0, 0.05) is 43.7 Å². The molecular formula is C34H38N4O6S. The highest BCUT2D eigenvalue weighted by molar-refractivity contribution is 7.99. The average molecular weight is 631 g/mol. The lowest BCUT2D eigenvalue weighted by molar-refractivity contribution is -0.268. The van der Waals surface area contributed by atoms with Crippen LogP contribution in [0.3, 0.4) is 0 Å². The van der Waals surface area contributed by atoms with Crippen LogP contribution in [-0.4, -0.2) is 48.7 Å². The Morgan fingerprint density at radius 3 is 2.40 bits per heavy atom. The third kappa shape index (κ3) is 8.37.